The third-order valence-electron chi connectivity index (χ3n) is 3.79. The van der Waals surface area contributed by atoms with Gasteiger partial charge in [0.1, 0.15) is 4.88 Å². The number of carboxylic acids is 1. The van der Waals surface area contributed by atoms with Gasteiger partial charge < -0.3 is 14.9 Å². The molecule has 6 heteroatoms. The summed E-state index contributed by atoms with van der Waals surface area (Å²) >= 11 is 1.35. The van der Waals surface area contributed by atoms with Crippen molar-refractivity contribution in [3.8, 4) is 0 Å². The normalized spacial score (nSPS) is 21.4. The number of thiazole rings is 1. The van der Waals surface area contributed by atoms with Crippen LogP contribution in [-0.4, -0.2) is 54.2 Å². The molecule has 2 fully saturated rings. The molecule has 1 aromatic rings. The number of likely N-dealkylation sites (N-methyl/N-ethyl adjacent to an activating group) is 1. The summed E-state index contributed by atoms with van der Waals surface area (Å²) in [5, 5.41) is 10.2. The van der Waals surface area contributed by atoms with Gasteiger partial charge in [-0.15, -0.1) is 0 Å². The Hall–Kier alpha value is -1.14. The minimum absolute atomic E-state index is 0.394. The molecule has 5 nitrogen and oxygen atoms in total. The number of hydrogen-bond acceptors (Lipinski definition) is 5. The fraction of sp³-hybridized carbons (Fsp3) is 0.692. The molecular formula is C13H19N3O2S. The maximum Gasteiger partial charge on any atom is 0.347 e. The zero-order valence-corrected chi connectivity index (χ0v) is 11.9. The van der Waals surface area contributed by atoms with Gasteiger partial charge in [0.2, 0.25) is 0 Å². The Morgan fingerprint density at radius 1 is 1.32 bits per heavy atom. The lowest BCUT2D eigenvalue weighted by Crippen LogP contribution is -2.28. The highest BCUT2D eigenvalue weighted by Crippen LogP contribution is 2.44. The van der Waals surface area contributed by atoms with Crippen LogP contribution in [0.2, 0.25) is 0 Å². The first kappa shape index (κ1) is 12.9. The minimum atomic E-state index is -0.822. The van der Waals surface area contributed by atoms with Crippen LogP contribution in [0.15, 0.2) is 0 Å². The van der Waals surface area contributed by atoms with Gasteiger partial charge in [0.15, 0.2) is 5.13 Å². The summed E-state index contributed by atoms with van der Waals surface area (Å²) in [5.41, 5.74) is 0.824. The fourth-order valence-corrected chi connectivity index (χ4v) is 3.52. The molecule has 19 heavy (non-hydrogen) atoms. The van der Waals surface area contributed by atoms with Crippen molar-refractivity contribution in [2.24, 2.45) is 0 Å². The Kier molecular flexibility index (Phi) is 3.45. The van der Waals surface area contributed by atoms with Crippen molar-refractivity contribution >= 4 is 22.4 Å². The second kappa shape index (κ2) is 5.09. The average molecular weight is 281 g/mol. The molecule has 0 aromatic carbocycles. The number of hydrogen-bond donors (Lipinski definition) is 1. The number of nitrogens with zero attached hydrogens (tertiary/aromatic N) is 3. The van der Waals surface area contributed by atoms with Crippen LogP contribution in [0.5, 0.6) is 0 Å². The van der Waals surface area contributed by atoms with E-state index in [1.54, 1.807) is 0 Å². The largest absolute Gasteiger partial charge is 0.477 e. The van der Waals surface area contributed by atoms with Crippen LogP contribution in [0.4, 0.5) is 5.13 Å². The molecule has 0 bridgehead atoms. The number of aromatic carboxylic acids is 1. The van der Waals surface area contributed by atoms with E-state index in [9.17, 15) is 9.90 Å². The van der Waals surface area contributed by atoms with E-state index < -0.39 is 5.97 Å². The SMILES string of the molecule is CN1CCCN(c2nc(C3CC3)c(C(=O)O)s2)CC1. The molecule has 1 aliphatic heterocycles. The Bertz CT molecular complexity index is 484. The molecule has 2 aliphatic rings. The van der Waals surface area contributed by atoms with Crippen LogP contribution < -0.4 is 4.90 Å². The molecule has 0 unspecified atom stereocenters. The van der Waals surface area contributed by atoms with Crippen molar-refractivity contribution in [3.05, 3.63) is 10.6 Å². The van der Waals surface area contributed by atoms with E-state index in [-0.39, 0.29) is 0 Å². The second-order valence-corrected chi connectivity index (χ2v) is 6.41. The zero-order valence-electron chi connectivity index (χ0n) is 11.1. The Morgan fingerprint density at radius 2 is 2.11 bits per heavy atom. The molecule has 0 atom stereocenters. The smallest absolute Gasteiger partial charge is 0.347 e. The second-order valence-electron chi connectivity index (χ2n) is 5.43. The lowest BCUT2D eigenvalue weighted by molar-refractivity contribution is 0.0700. The van der Waals surface area contributed by atoms with Crippen LogP contribution in [-0.2, 0) is 0 Å². The average Bonchev–Trinajstić information content (AvgIpc) is 3.15. The van der Waals surface area contributed by atoms with E-state index in [0.29, 0.717) is 10.8 Å². The van der Waals surface area contributed by atoms with E-state index in [1.807, 2.05) is 0 Å². The predicted molar refractivity (Wildman–Crippen MR) is 75.4 cm³/mol. The van der Waals surface area contributed by atoms with Crippen LogP contribution in [0, 0.1) is 0 Å². The topological polar surface area (TPSA) is 56.7 Å². The summed E-state index contributed by atoms with van der Waals surface area (Å²) < 4.78 is 0. The Morgan fingerprint density at radius 3 is 2.79 bits per heavy atom. The first-order chi connectivity index (χ1) is 9.15. The molecule has 1 saturated heterocycles. The Labute approximate surface area is 116 Å². The van der Waals surface area contributed by atoms with Crippen molar-refractivity contribution in [3.63, 3.8) is 0 Å². The van der Waals surface area contributed by atoms with Crippen molar-refractivity contribution < 1.29 is 9.90 Å². The number of carbonyl (C=O) groups is 1. The fourth-order valence-electron chi connectivity index (χ4n) is 2.48. The van der Waals surface area contributed by atoms with Crippen molar-refractivity contribution in [1.82, 2.24) is 9.88 Å². The van der Waals surface area contributed by atoms with Gasteiger partial charge in [-0.3, -0.25) is 0 Å². The molecule has 0 spiro atoms. The molecule has 104 valence electrons. The lowest BCUT2D eigenvalue weighted by Gasteiger charge is -2.19. The van der Waals surface area contributed by atoms with Crippen LogP contribution in [0.1, 0.15) is 40.5 Å². The number of anilines is 1. The maximum atomic E-state index is 11.3. The molecule has 1 N–H and O–H groups in total. The maximum absolute atomic E-state index is 11.3. The molecule has 1 saturated carbocycles. The molecule has 3 rings (SSSR count). The summed E-state index contributed by atoms with van der Waals surface area (Å²) in [6.45, 7) is 4.03. The standard InChI is InChI=1S/C13H19N3O2S/c1-15-5-2-6-16(8-7-15)13-14-10(9-3-4-9)11(19-13)12(17)18/h9H,2-8H2,1H3,(H,17,18). The van der Waals surface area contributed by atoms with Crippen LogP contribution >= 0.6 is 11.3 Å². The van der Waals surface area contributed by atoms with E-state index >= 15 is 0 Å². The van der Waals surface area contributed by atoms with Gasteiger partial charge in [0.25, 0.3) is 0 Å². The van der Waals surface area contributed by atoms with E-state index in [4.69, 9.17) is 0 Å². The van der Waals surface area contributed by atoms with E-state index in [1.165, 1.54) is 11.3 Å². The van der Waals surface area contributed by atoms with Crippen molar-refractivity contribution in [2.45, 2.75) is 25.2 Å². The highest BCUT2D eigenvalue weighted by molar-refractivity contribution is 7.17. The van der Waals surface area contributed by atoms with Crippen molar-refractivity contribution in [1.29, 1.82) is 0 Å². The van der Waals surface area contributed by atoms with Gasteiger partial charge in [0.05, 0.1) is 5.69 Å². The molecule has 0 radical (unpaired) electrons. The monoisotopic (exact) mass is 281 g/mol. The molecule has 1 aromatic heterocycles. The van der Waals surface area contributed by atoms with E-state index in [2.05, 4.69) is 21.8 Å². The number of rotatable bonds is 3. The molecular weight excluding hydrogens is 262 g/mol. The summed E-state index contributed by atoms with van der Waals surface area (Å²) in [6.07, 6.45) is 3.29. The summed E-state index contributed by atoms with van der Waals surface area (Å²) in [5.74, 6) is -0.427. The molecule has 2 heterocycles. The third-order valence-corrected chi connectivity index (χ3v) is 4.91. The summed E-state index contributed by atoms with van der Waals surface area (Å²) in [6, 6.07) is 0. The van der Waals surface area contributed by atoms with Gasteiger partial charge in [-0.05, 0) is 32.9 Å². The third kappa shape index (κ3) is 2.74. The Balaban J connectivity index is 1.83. The van der Waals surface area contributed by atoms with Crippen LogP contribution in [0.25, 0.3) is 0 Å². The van der Waals surface area contributed by atoms with Gasteiger partial charge >= 0.3 is 5.97 Å². The van der Waals surface area contributed by atoms with Crippen LogP contribution in [0.3, 0.4) is 0 Å². The summed E-state index contributed by atoms with van der Waals surface area (Å²) in [7, 11) is 2.13. The lowest BCUT2D eigenvalue weighted by atomic mass is 10.2. The first-order valence-electron chi connectivity index (χ1n) is 6.82. The van der Waals surface area contributed by atoms with E-state index in [0.717, 1.165) is 56.3 Å². The van der Waals surface area contributed by atoms with Gasteiger partial charge in [-0.1, -0.05) is 11.3 Å². The number of aromatic nitrogens is 1. The molecule has 0 amide bonds. The molecule has 1 aliphatic carbocycles. The van der Waals surface area contributed by atoms with Gasteiger partial charge in [0, 0.05) is 25.6 Å². The first-order valence-corrected chi connectivity index (χ1v) is 7.64. The zero-order chi connectivity index (χ0) is 13.4. The highest BCUT2D eigenvalue weighted by atomic mass is 32.1. The summed E-state index contributed by atoms with van der Waals surface area (Å²) in [4.78, 5) is 21.0. The van der Waals surface area contributed by atoms with Crippen molar-refractivity contribution in [2.75, 3.05) is 38.1 Å². The quantitative estimate of drug-likeness (QED) is 0.916. The predicted octanol–water partition coefficient (Wildman–Crippen LogP) is 1.86. The minimum Gasteiger partial charge on any atom is -0.477 e. The van der Waals surface area contributed by atoms with Gasteiger partial charge in [-0.2, -0.15) is 0 Å². The van der Waals surface area contributed by atoms with Gasteiger partial charge in [-0.25, -0.2) is 9.78 Å². The number of carboxylic acid groups (broad SMARTS) is 1. The highest BCUT2D eigenvalue weighted by Gasteiger charge is 2.33.